The Labute approximate surface area is 104 Å². The minimum absolute atomic E-state index is 0.241. The molecule has 1 aromatic heterocycles. The van der Waals surface area contributed by atoms with Crippen LogP contribution < -0.4 is 0 Å². The Morgan fingerprint density at radius 2 is 2.35 bits per heavy atom. The third-order valence-corrected chi connectivity index (χ3v) is 4.88. The summed E-state index contributed by atoms with van der Waals surface area (Å²) in [5.41, 5.74) is 2.12. The quantitative estimate of drug-likeness (QED) is 0.836. The summed E-state index contributed by atoms with van der Waals surface area (Å²) in [6, 6.07) is 8.09. The molecule has 1 aromatic carbocycles. The molecular weight excluding hydrogens is 230 g/mol. The fraction of sp³-hybridized carbons (Fsp3) is 0.357. The third-order valence-electron chi connectivity index (χ3n) is 3.52. The van der Waals surface area contributed by atoms with Crippen LogP contribution in [0.5, 0.6) is 0 Å². The number of nitrogens with zero attached hydrogens (tertiary/aromatic N) is 1. The van der Waals surface area contributed by atoms with Gasteiger partial charge in [-0.05, 0) is 42.3 Å². The first kappa shape index (κ1) is 10.8. The predicted octanol–water partition coefficient (Wildman–Crippen LogP) is 3.19. The Hall–Kier alpha value is -1.37. The zero-order valence-electron chi connectivity index (χ0n) is 9.44. The normalized spacial score (nSPS) is 18.9. The van der Waals surface area contributed by atoms with Crippen LogP contribution in [0.2, 0.25) is 0 Å². The number of hydrogen-bond acceptors (Lipinski definition) is 3. The van der Waals surface area contributed by atoms with E-state index < -0.39 is 0 Å². The van der Waals surface area contributed by atoms with Crippen LogP contribution >= 0.6 is 11.3 Å². The summed E-state index contributed by atoms with van der Waals surface area (Å²) in [5, 5.41) is 19.6. The van der Waals surface area contributed by atoms with E-state index in [1.165, 1.54) is 20.5 Å². The zero-order chi connectivity index (χ0) is 11.8. The highest BCUT2D eigenvalue weighted by Crippen LogP contribution is 2.42. The minimum atomic E-state index is 0.241. The Bertz CT molecular complexity index is 608. The first-order chi connectivity index (χ1) is 8.33. The zero-order valence-corrected chi connectivity index (χ0v) is 10.3. The fourth-order valence-corrected chi connectivity index (χ4v) is 4.07. The van der Waals surface area contributed by atoms with Crippen LogP contribution in [0.3, 0.4) is 0 Å². The average molecular weight is 243 g/mol. The van der Waals surface area contributed by atoms with Crippen molar-refractivity contribution in [2.45, 2.75) is 25.2 Å². The Balaban J connectivity index is 2.22. The second kappa shape index (κ2) is 4.14. The molecule has 3 heteroatoms. The van der Waals surface area contributed by atoms with Gasteiger partial charge in [0.15, 0.2) is 0 Å². The van der Waals surface area contributed by atoms with Gasteiger partial charge in [0, 0.05) is 15.5 Å². The Morgan fingerprint density at radius 1 is 1.47 bits per heavy atom. The Kier molecular flexibility index (Phi) is 2.62. The van der Waals surface area contributed by atoms with Crippen molar-refractivity contribution in [3.8, 4) is 6.07 Å². The van der Waals surface area contributed by atoms with Gasteiger partial charge in [-0.25, -0.2) is 0 Å². The van der Waals surface area contributed by atoms with Crippen molar-refractivity contribution < 1.29 is 5.11 Å². The van der Waals surface area contributed by atoms with Crippen LogP contribution in [0.1, 0.15) is 34.8 Å². The van der Waals surface area contributed by atoms with E-state index in [9.17, 15) is 5.11 Å². The monoisotopic (exact) mass is 243 g/mol. The molecule has 1 aliphatic rings. The van der Waals surface area contributed by atoms with Crippen LogP contribution in [0.15, 0.2) is 18.2 Å². The summed E-state index contributed by atoms with van der Waals surface area (Å²) < 4.78 is 1.19. The second-order valence-electron chi connectivity index (χ2n) is 4.54. The maximum Gasteiger partial charge on any atom is 0.0992 e. The number of aliphatic hydroxyl groups is 1. The molecule has 0 spiro atoms. The lowest BCUT2D eigenvalue weighted by Gasteiger charge is -2.20. The van der Waals surface area contributed by atoms with Crippen molar-refractivity contribution in [2.75, 3.05) is 6.61 Å². The first-order valence-electron chi connectivity index (χ1n) is 5.89. The minimum Gasteiger partial charge on any atom is -0.396 e. The smallest absolute Gasteiger partial charge is 0.0992 e. The van der Waals surface area contributed by atoms with E-state index in [0.29, 0.717) is 5.92 Å². The van der Waals surface area contributed by atoms with Crippen molar-refractivity contribution in [1.82, 2.24) is 0 Å². The molecule has 0 saturated heterocycles. The average Bonchev–Trinajstić information content (AvgIpc) is 2.75. The van der Waals surface area contributed by atoms with Crippen LogP contribution in [0, 0.1) is 11.3 Å². The summed E-state index contributed by atoms with van der Waals surface area (Å²) >= 11 is 1.75. The number of rotatable bonds is 1. The topological polar surface area (TPSA) is 44.0 Å². The second-order valence-corrected chi connectivity index (χ2v) is 5.62. The molecule has 0 bridgehead atoms. The van der Waals surface area contributed by atoms with Crippen molar-refractivity contribution in [3.05, 3.63) is 34.2 Å². The van der Waals surface area contributed by atoms with Gasteiger partial charge < -0.3 is 5.11 Å². The van der Waals surface area contributed by atoms with Gasteiger partial charge in [0.1, 0.15) is 0 Å². The van der Waals surface area contributed by atoms with Crippen molar-refractivity contribution in [2.24, 2.45) is 0 Å². The molecule has 0 fully saturated rings. The summed E-state index contributed by atoms with van der Waals surface area (Å²) in [6.07, 6.45) is 3.35. The lowest BCUT2D eigenvalue weighted by molar-refractivity contribution is 0.255. The number of fused-ring (bicyclic) bond motifs is 3. The maximum atomic E-state index is 9.42. The molecule has 86 valence electrons. The molecule has 2 nitrogen and oxygen atoms in total. The lowest BCUT2D eigenvalue weighted by atomic mass is 9.88. The molecule has 17 heavy (non-hydrogen) atoms. The molecule has 3 rings (SSSR count). The van der Waals surface area contributed by atoms with Crippen molar-refractivity contribution in [1.29, 1.82) is 5.26 Å². The van der Waals surface area contributed by atoms with Gasteiger partial charge in [0.05, 0.1) is 18.2 Å². The summed E-state index contributed by atoms with van der Waals surface area (Å²) in [7, 11) is 0. The molecule has 2 aromatic rings. The van der Waals surface area contributed by atoms with Gasteiger partial charge in [-0.15, -0.1) is 11.3 Å². The van der Waals surface area contributed by atoms with Crippen LogP contribution in [-0.4, -0.2) is 11.7 Å². The number of benzene rings is 1. The van der Waals surface area contributed by atoms with Crippen molar-refractivity contribution >= 4 is 21.4 Å². The number of aliphatic hydroxyl groups excluding tert-OH is 1. The van der Waals surface area contributed by atoms with Gasteiger partial charge in [0.2, 0.25) is 0 Å². The number of nitriles is 1. The van der Waals surface area contributed by atoms with Crippen molar-refractivity contribution in [3.63, 3.8) is 0 Å². The van der Waals surface area contributed by atoms with Gasteiger partial charge >= 0.3 is 0 Å². The van der Waals surface area contributed by atoms with Gasteiger partial charge in [-0.1, -0.05) is 6.07 Å². The largest absolute Gasteiger partial charge is 0.396 e. The molecule has 1 N–H and O–H groups in total. The highest BCUT2D eigenvalue weighted by molar-refractivity contribution is 7.19. The predicted molar refractivity (Wildman–Crippen MR) is 69.3 cm³/mol. The van der Waals surface area contributed by atoms with Gasteiger partial charge in [-0.2, -0.15) is 5.26 Å². The lowest BCUT2D eigenvalue weighted by Crippen LogP contribution is -2.10. The maximum absolute atomic E-state index is 9.42. The van der Waals surface area contributed by atoms with E-state index in [-0.39, 0.29) is 6.61 Å². The summed E-state index contributed by atoms with van der Waals surface area (Å²) in [5.74, 6) is 0.307. The SMILES string of the molecule is N#Cc1ccc2c3c(sc2c1)[C@@H](CO)CCC3. The first-order valence-corrected chi connectivity index (χ1v) is 6.71. The molecule has 1 aliphatic carbocycles. The number of hydrogen-bond donors (Lipinski definition) is 1. The molecule has 0 radical (unpaired) electrons. The van der Waals surface area contributed by atoms with E-state index in [0.717, 1.165) is 24.8 Å². The van der Waals surface area contributed by atoms with E-state index >= 15 is 0 Å². The highest BCUT2D eigenvalue weighted by Gasteiger charge is 2.23. The fourth-order valence-electron chi connectivity index (χ4n) is 2.66. The standard InChI is InChI=1S/C14H13NOS/c15-7-9-4-5-11-12-3-1-2-10(8-16)14(12)17-13(11)6-9/h4-6,10,16H,1-3,8H2/t10-/m1/s1. The van der Waals surface area contributed by atoms with Crippen LogP contribution in [0.4, 0.5) is 0 Å². The molecular formula is C14H13NOS. The molecule has 0 saturated carbocycles. The number of aryl methyl sites for hydroxylation is 1. The van der Waals surface area contributed by atoms with E-state index in [1.54, 1.807) is 11.3 Å². The van der Waals surface area contributed by atoms with Crippen LogP contribution in [-0.2, 0) is 6.42 Å². The summed E-state index contributed by atoms with van der Waals surface area (Å²) in [4.78, 5) is 1.34. The Morgan fingerprint density at radius 3 is 3.12 bits per heavy atom. The van der Waals surface area contributed by atoms with Crippen LogP contribution in [0.25, 0.3) is 10.1 Å². The van der Waals surface area contributed by atoms with E-state index in [4.69, 9.17) is 5.26 Å². The molecule has 1 heterocycles. The third kappa shape index (κ3) is 1.65. The molecule has 0 aliphatic heterocycles. The highest BCUT2D eigenvalue weighted by atomic mass is 32.1. The number of thiophene rings is 1. The summed E-state index contributed by atoms with van der Waals surface area (Å²) in [6.45, 7) is 0.241. The van der Waals surface area contributed by atoms with E-state index in [1.807, 2.05) is 12.1 Å². The van der Waals surface area contributed by atoms with Gasteiger partial charge in [-0.3, -0.25) is 0 Å². The molecule has 1 atom stereocenters. The molecule has 0 unspecified atom stereocenters. The molecule has 0 amide bonds. The van der Waals surface area contributed by atoms with E-state index in [2.05, 4.69) is 12.1 Å². The van der Waals surface area contributed by atoms with Gasteiger partial charge in [0.25, 0.3) is 0 Å².